The summed E-state index contributed by atoms with van der Waals surface area (Å²) >= 11 is 0. The monoisotopic (exact) mass is 211 g/mol. The molecule has 1 aromatic rings. The van der Waals surface area contributed by atoms with Crippen molar-refractivity contribution < 1.29 is 13.9 Å². The van der Waals surface area contributed by atoms with E-state index in [-0.39, 0.29) is 18.2 Å². The van der Waals surface area contributed by atoms with Crippen LogP contribution in [0.1, 0.15) is 24.4 Å². The van der Waals surface area contributed by atoms with Crippen molar-refractivity contribution in [1.29, 1.82) is 0 Å². The van der Waals surface area contributed by atoms with Crippen molar-refractivity contribution in [2.45, 2.75) is 18.9 Å². The van der Waals surface area contributed by atoms with Gasteiger partial charge in [-0.2, -0.15) is 0 Å². The average molecular weight is 211 g/mol. The Labute approximate surface area is 88.0 Å². The lowest BCUT2D eigenvalue weighted by Crippen LogP contribution is -2.14. The highest BCUT2D eigenvalue weighted by Crippen LogP contribution is 2.18. The van der Waals surface area contributed by atoms with Gasteiger partial charge in [0.25, 0.3) is 0 Å². The number of carbonyl (C=O) groups is 1. The van der Waals surface area contributed by atoms with E-state index in [0.717, 1.165) is 0 Å². The van der Waals surface area contributed by atoms with E-state index >= 15 is 0 Å². The first-order chi connectivity index (χ1) is 7.15. The Bertz CT molecular complexity index is 341. The minimum atomic E-state index is -0.467. The summed E-state index contributed by atoms with van der Waals surface area (Å²) in [5.41, 5.74) is 6.18. The van der Waals surface area contributed by atoms with E-state index in [1.165, 1.54) is 13.2 Å². The summed E-state index contributed by atoms with van der Waals surface area (Å²) in [7, 11) is 1.32. The highest BCUT2D eigenvalue weighted by molar-refractivity contribution is 5.69. The maximum Gasteiger partial charge on any atom is 0.305 e. The molecule has 2 N–H and O–H groups in total. The molecule has 1 unspecified atom stereocenters. The summed E-state index contributed by atoms with van der Waals surface area (Å²) in [4.78, 5) is 10.9. The second-order valence-electron chi connectivity index (χ2n) is 3.24. The summed E-state index contributed by atoms with van der Waals surface area (Å²) in [6, 6.07) is 5.83. The van der Waals surface area contributed by atoms with Crippen molar-refractivity contribution in [3.8, 4) is 0 Å². The lowest BCUT2D eigenvalue weighted by atomic mass is 10.0. The van der Waals surface area contributed by atoms with E-state index in [2.05, 4.69) is 4.74 Å². The van der Waals surface area contributed by atoms with Gasteiger partial charge in [-0.3, -0.25) is 4.79 Å². The van der Waals surface area contributed by atoms with Crippen molar-refractivity contribution in [2.75, 3.05) is 7.11 Å². The molecule has 1 rings (SSSR count). The Morgan fingerprint density at radius 1 is 1.53 bits per heavy atom. The molecular weight excluding hydrogens is 197 g/mol. The van der Waals surface area contributed by atoms with Gasteiger partial charge in [0.2, 0.25) is 0 Å². The number of halogens is 1. The first-order valence-electron chi connectivity index (χ1n) is 4.72. The van der Waals surface area contributed by atoms with Crippen LogP contribution in [0.3, 0.4) is 0 Å². The van der Waals surface area contributed by atoms with Gasteiger partial charge < -0.3 is 10.5 Å². The van der Waals surface area contributed by atoms with Gasteiger partial charge in [0.05, 0.1) is 7.11 Å². The van der Waals surface area contributed by atoms with Crippen LogP contribution in [0.15, 0.2) is 24.3 Å². The molecule has 0 radical (unpaired) electrons. The van der Waals surface area contributed by atoms with Crippen LogP contribution in [0.2, 0.25) is 0 Å². The lowest BCUT2D eigenvalue weighted by Gasteiger charge is -2.11. The third-order valence-corrected chi connectivity index (χ3v) is 2.19. The summed E-state index contributed by atoms with van der Waals surface area (Å²) in [5, 5.41) is 0. The van der Waals surface area contributed by atoms with Crippen LogP contribution in [-0.4, -0.2) is 13.1 Å². The van der Waals surface area contributed by atoms with Gasteiger partial charge in [-0.05, 0) is 12.5 Å². The molecule has 0 aliphatic heterocycles. The number of carbonyl (C=O) groups excluding carboxylic acids is 1. The van der Waals surface area contributed by atoms with Crippen molar-refractivity contribution >= 4 is 5.97 Å². The Morgan fingerprint density at radius 2 is 2.20 bits per heavy atom. The predicted molar refractivity (Wildman–Crippen MR) is 54.6 cm³/mol. The van der Waals surface area contributed by atoms with Crippen LogP contribution in [-0.2, 0) is 9.53 Å². The van der Waals surface area contributed by atoms with Gasteiger partial charge in [-0.25, -0.2) is 4.39 Å². The second kappa shape index (κ2) is 5.46. The number of hydrogen-bond acceptors (Lipinski definition) is 3. The molecule has 0 bridgehead atoms. The largest absolute Gasteiger partial charge is 0.469 e. The van der Waals surface area contributed by atoms with E-state index in [0.29, 0.717) is 12.0 Å². The number of hydrogen-bond donors (Lipinski definition) is 1. The smallest absolute Gasteiger partial charge is 0.305 e. The molecule has 0 fully saturated rings. The summed E-state index contributed by atoms with van der Waals surface area (Å²) < 4.78 is 17.7. The molecule has 4 heteroatoms. The second-order valence-corrected chi connectivity index (χ2v) is 3.24. The predicted octanol–water partition coefficient (Wildman–Crippen LogP) is 1.78. The number of methoxy groups -OCH3 is 1. The molecule has 3 nitrogen and oxygen atoms in total. The van der Waals surface area contributed by atoms with Crippen molar-refractivity contribution in [3.05, 3.63) is 35.6 Å². The maximum atomic E-state index is 13.3. The highest BCUT2D eigenvalue weighted by atomic mass is 19.1. The van der Waals surface area contributed by atoms with Crippen LogP contribution >= 0.6 is 0 Å². The molecule has 0 spiro atoms. The number of esters is 1. The maximum absolute atomic E-state index is 13.3. The van der Waals surface area contributed by atoms with E-state index in [1.807, 2.05) is 0 Å². The summed E-state index contributed by atoms with van der Waals surface area (Å²) in [6.45, 7) is 0. The number of benzene rings is 1. The quantitative estimate of drug-likeness (QED) is 0.772. The zero-order valence-corrected chi connectivity index (χ0v) is 8.57. The molecule has 1 atom stereocenters. The molecule has 15 heavy (non-hydrogen) atoms. The third-order valence-electron chi connectivity index (χ3n) is 2.19. The SMILES string of the molecule is COC(=O)CCC(N)c1ccccc1F. The van der Waals surface area contributed by atoms with Crippen LogP contribution in [0.4, 0.5) is 4.39 Å². The van der Waals surface area contributed by atoms with Gasteiger partial charge >= 0.3 is 5.97 Å². The van der Waals surface area contributed by atoms with Crippen molar-refractivity contribution in [1.82, 2.24) is 0 Å². The number of rotatable bonds is 4. The molecule has 0 aromatic heterocycles. The summed E-state index contributed by atoms with van der Waals surface area (Å²) in [5.74, 6) is -0.670. The van der Waals surface area contributed by atoms with E-state index in [4.69, 9.17) is 5.73 Å². The van der Waals surface area contributed by atoms with Gasteiger partial charge in [0, 0.05) is 18.0 Å². The van der Waals surface area contributed by atoms with Gasteiger partial charge in [0.1, 0.15) is 5.82 Å². The number of nitrogens with two attached hydrogens (primary N) is 1. The van der Waals surface area contributed by atoms with Gasteiger partial charge in [-0.15, -0.1) is 0 Å². The lowest BCUT2D eigenvalue weighted by molar-refractivity contribution is -0.140. The average Bonchev–Trinajstić information content (AvgIpc) is 2.26. The molecule has 0 aliphatic rings. The van der Waals surface area contributed by atoms with Crippen LogP contribution < -0.4 is 5.73 Å². The topological polar surface area (TPSA) is 52.3 Å². The number of ether oxygens (including phenoxy) is 1. The first kappa shape index (κ1) is 11.7. The zero-order valence-electron chi connectivity index (χ0n) is 8.57. The minimum Gasteiger partial charge on any atom is -0.469 e. The normalized spacial score (nSPS) is 12.2. The minimum absolute atomic E-state index is 0.200. The molecule has 0 amide bonds. The zero-order chi connectivity index (χ0) is 11.3. The van der Waals surface area contributed by atoms with Crippen LogP contribution in [0.5, 0.6) is 0 Å². The highest BCUT2D eigenvalue weighted by Gasteiger charge is 2.12. The Hall–Kier alpha value is -1.42. The Kier molecular flexibility index (Phi) is 4.24. The fraction of sp³-hybridized carbons (Fsp3) is 0.364. The van der Waals surface area contributed by atoms with Crippen molar-refractivity contribution in [3.63, 3.8) is 0 Å². The van der Waals surface area contributed by atoms with Gasteiger partial charge in [0.15, 0.2) is 0 Å². The van der Waals surface area contributed by atoms with E-state index in [1.54, 1.807) is 18.2 Å². The third kappa shape index (κ3) is 3.32. The molecule has 0 saturated heterocycles. The first-order valence-corrected chi connectivity index (χ1v) is 4.72. The molecule has 0 heterocycles. The van der Waals surface area contributed by atoms with Crippen LogP contribution in [0, 0.1) is 5.82 Å². The van der Waals surface area contributed by atoms with Crippen LogP contribution in [0.25, 0.3) is 0 Å². The van der Waals surface area contributed by atoms with E-state index in [9.17, 15) is 9.18 Å². The molecule has 82 valence electrons. The fourth-order valence-corrected chi connectivity index (χ4v) is 1.31. The molecular formula is C11H14FNO2. The molecule has 0 saturated carbocycles. The van der Waals surface area contributed by atoms with Gasteiger partial charge in [-0.1, -0.05) is 18.2 Å². The standard InChI is InChI=1S/C11H14FNO2/c1-15-11(14)7-6-10(13)8-4-2-3-5-9(8)12/h2-5,10H,6-7,13H2,1H3. The van der Waals surface area contributed by atoms with Crippen molar-refractivity contribution in [2.24, 2.45) is 5.73 Å². The Balaban J connectivity index is 2.57. The fourth-order valence-electron chi connectivity index (χ4n) is 1.31. The summed E-state index contributed by atoms with van der Waals surface area (Å²) in [6.07, 6.45) is 0.583. The molecule has 0 aliphatic carbocycles. The molecule has 1 aromatic carbocycles. The van der Waals surface area contributed by atoms with E-state index < -0.39 is 6.04 Å². The Morgan fingerprint density at radius 3 is 2.80 bits per heavy atom.